The number of amides is 1. The van der Waals surface area contributed by atoms with E-state index in [0.717, 1.165) is 51.8 Å². The topological polar surface area (TPSA) is 55.6 Å². The summed E-state index contributed by atoms with van der Waals surface area (Å²) in [7, 11) is 0. The summed E-state index contributed by atoms with van der Waals surface area (Å²) in [6.07, 6.45) is 5.37. The second kappa shape index (κ2) is 6.71. The molecule has 4 unspecified atom stereocenters. The third-order valence-corrected chi connectivity index (χ3v) is 4.47. The molecule has 4 atom stereocenters. The second-order valence-corrected chi connectivity index (χ2v) is 6.28. The van der Waals surface area contributed by atoms with E-state index in [1.165, 1.54) is 0 Å². The fourth-order valence-corrected chi connectivity index (χ4v) is 3.53. The van der Waals surface area contributed by atoms with Crippen molar-refractivity contribution in [2.75, 3.05) is 19.7 Å². The van der Waals surface area contributed by atoms with Crippen LogP contribution < -0.4 is 5.73 Å². The lowest BCUT2D eigenvalue weighted by Crippen LogP contribution is -2.44. The van der Waals surface area contributed by atoms with E-state index in [4.69, 9.17) is 10.5 Å². The van der Waals surface area contributed by atoms with E-state index in [-0.39, 0.29) is 18.1 Å². The summed E-state index contributed by atoms with van der Waals surface area (Å²) in [6.45, 7) is 6.64. The van der Waals surface area contributed by atoms with Crippen molar-refractivity contribution in [2.24, 2.45) is 17.6 Å². The van der Waals surface area contributed by atoms with Gasteiger partial charge in [-0.2, -0.15) is 0 Å². The summed E-state index contributed by atoms with van der Waals surface area (Å²) in [6, 6.07) is 0.194. The van der Waals surface area contributed by atoms with Gasteiger partial charge >= 0.3 is 0 Å². The quantitative estimate of drug-likeness (QED) is 0.845. The fraction of sp³-hybridized carbons (Fsp3) is 0.933. The van der Waals surface area contributed by atoms with Gasteiger partial charge in [-0.25, -0.2) is 0 Å². The predicted molar refractivity (Wildman–Crippen MR) is 75.7 cm³/mol. The van der Waals surface area contributed by atoms with Crippen LogP contribution in [0.1, 0.15) is 46.0 Å². The molecular weight excluding hydrogens is 240 g/mol. The first kappa shape index (κ1) is 14.8. The smallest absolute Gasteiger partial charge is 0.225 e. The minimum absolute atomic E-state index is 0.125. The van der Waals surface area contributed by atoms with Crippen molar-refractivity contribution in [3.05, 3.63) is 0 Å². The average Bonchev–Trinajstić information content (AvgIpc) is 2.86. The second-order valence-electron chi connectivity index (χ2n) is 6.28. The van der Waals surface area contributed by atoms with Crippen LogP contribution in [0.5, 0.6) is 0 Å². The first-order valence-corrected chi connectivity index (χ1v) is 7.76. The highest BCUT2D eigenvalue weighted by Gasteiger charge is 2.32. The Morgan fingerprint density at radius 1 is 1.37 bits per heavy atom. The number of carbonyl (C=O) groups is 1. The van der Waals surface area contributed by atoms with Crippen molar-refractivity contribution in [2.45, 2.75) is 58.1 Å². The molecule has 1 amide bonds. The summed E-state index contributed by atoms with van der Waals surface area (Å²) in [4.78, 5) is 14.6. The van der Waals surface area contributed by atoms with Crippen molar-refractivity contribution >= 4 is 5.91 Å². The number of hydrogen-bond acceptors (Lipinski definition) is 3. The molecule has 0 aromatic rings. The van der Waals surface area contributed by atoms with Crippen LogP contribution in [0, 0.1) is 11.8 Å². The van der Waals surface area contributed by atoms with Crippen molar-refractivity contribution in [1.29, 1.82) is 0 Å². The number of rotatable bonds is 4. The molecule has 0 aromatic carbocycles. The van der Waals surface area contributed by atoms with Crippen LogP contribution in [0.4, 0.5) is 0 Å². The maximum atomic E-state index is 12.6. The number of ether oxygens (including phenoxy) is 1. The number of carbonyl (C=O) groups excluding carboxylic acids is 1. The zero-order chi connectivity index (χ0) is 13.8. The van der Waals surface area contributed by atoms with Crippen LogP contribution in [-0.4, -0.2) is 42.6 Å². The Labute approximate surface area is 116 Å². The largest absolute Gasteiger partial charge is 0.376 e. The molecule has 19 heavy (non-hydrogen) atoms. The van der Waals surface area contributed by atoms with Crippen molar-refractivity contribution in [3.63, 3.8) is 0 Å². The summed E-state index contributed by atoms with van der Waals surface area (Å²) in [5.41, 5.74) is 6.06. The van der Waals surface area contributed by atoms with Gasteiger partial charge in [0.05, 0.1) is 6.10 Å². The van der Waals surface area contributed by atoms with Gasteiger partial charge in [-0.05, 0) is 44.9 Å². The molecule has 2 N–H and O–H groups in total. The number of nitrogens with zero attached hydrogens (tertiary/aromatic N) is 1. The normalized spacial score (nSPS) is 35.3. The first-order valence-electron chi connectivity index (χ1n) is 7.76. The van der Waals surface area contributed by atoms with Crippen LogP contribution in [-0.2, 0) is 9.53 Å². The Bertz CT molecular complexity index is 293. The van der Waals surface area contributed by atoms with Crippen LogP contribution in [0.2, 0.25) is 0 Å². The molecule has 0 aromatic heterocycles. The molecule has 2 aliphatic rings. The van der Waals surface area contributed by atoms with Crippen LogP contribution in [0.25, 0.3) is 0 Å². The van der Waals surface area contributed by atoms with Gasteiger partial charge in [0.2, 0.25) is 5.91 Å². The van der Waals surface area contributed by atoms with Crippen LogP contribution >= 0.6 is 0 Å². The van der Waals surface area contributed by atoms with Crippen LogP contribution in [0.3, 0.4) is 0 Å². The van der Waals surface area contributed by atoms with Gasteiger partial charge in [-0.15, -0.1) is 0 Å². The Hall–Kier alpha value is -0.610. The van der Waals surface area contributed by atoms with Crippen LogP contribution in [0.15, 0.2) is 0 Å². The van der Waals surface area contributed by atoms with Crippen molar-refractivity contribution < 1.29 is 9.53 Å². The molecule has 2 fully saturated rings. The molecule has 2 rings (SSSR count). The number of likely N-dealkylation sites (N-methyl/N-ethyl adjacent to an activating group) is 1. The van der Waals surface area contributed by atoms with Crippen molar-refractivity contribution in [1.82, 2.24) is 4.90 Å². The molecule has 1 heterocycles. The molecule has 0 spiro atoms. The Morgan fingerprint density at radius 3 is 2.74 bits per heavy atom. The first-order chi connectivity index (χ1) is 9.10. The highest BCUT2D eigenvalue weighted by molar-refractivity contribution is 5.79. The third kappa shape index (κ3) is 3.93. The predicted octanol–water partition coefficient (Wildman–Crippen LogP) is 1.78. The monoisotopic (exact) mass is 268 g/mol. The van der Waals surface area contributed by atoms with E-state index in [9.17, 15) is 4.79 Å². The standard InChI is InChI=1S/C15H28N2O2/c1-3-17(10-14-5-4-6-19-14)15(18)12-7-11(2)8-13(16)9-12/h11-14H,3-10,16H2,1-2H3. The minimum atomic E-state index is 0.125. The molecule has 1 saturated heterocycles. The fourth-order valence-electron chi connectivity index (χ4n) is 3.53. The van der Waals surface area contributed by atoms with E-state index >= 15 is 0 Å². The Morgan fingerprint density at radius 2 is 2.16 bits per heavy atom. The van der Waals surface area contributed by atoms with Gasteiger partial charge in [0, 0.05) is 31.7 Å². The molecule has 0 radical (unpaired) electrons. The van der Waals surface area contributed by atoms with Gasteiger partial charge in [0.25, 0.3) is 0 Å². The lowest BCUT2D eigenvalue weighted by atomic mass is 9.79. The molecule has 1 saturated carbocycles. The van der Waals surface area contributed by atoms with Gasteiger partial charge < -0.3 is 15.4 Å². The number of hydrogen-bond donors (Lipinski definition) is 1. The average molecular weight is 268 g/mol. The van der Waals surface area contributed by atoms with Gasteiger partial charge in [-0.3, -0.25) is 4.79 Å². The number of nitrogens with two attached hydrogens (primary N) is 1. The lowest BCUT2D eigenvalue weighted by Gasteiger charge is -2.34. The molecule has 1 aliphatic heterocycles. The molecule has 110 valence electrons. The maximum absolute atomic E-state index is 12.6. The molecule has 1 aliphatic carbocycles. The zero-order valence-corrected chi connectivity index (χ0v) is 12.3. The van der Waals surface area contributed by atoms with E-state index < -0.39 is 0 Å². The van der Waals surface area contributed by atoms with E-state index in [2.05, 4.69) is 13.8 Å². The Balaban J connectivity index is 1.91. The molecular formula is C15H28N2O2. The summed E-state index contributed by atoms with van der Waals surface area (Å²) in [5.74, 6) is 0.985. The third-order valence-electron chi connectivity index (χ3n) is 4.47. The maximum Gasteiger partial charge on any atom is 0.225 e. The van der Waals surface area contributed by atoms with E-state index in [0.29, 0.717) is 11.8 Å². The summed E-state index contributed by atoms with van der Waals surface area (Å²) < 4.78 is 5.65. The zero-order valence-electron chi connectivity index (χ0n) is 12.3. The lowest BCUT2D eigenvalue weighted by molar-refractivity contribution is -0.138. The summed E-state index contributed by atoms with van der Waals surface area (Å²) >= 11 is 0. The van der Waals surface area contributed by atoms with E-state index in [1.807, 2.05) is 4.90 Å². The van der Waals surface area contributed by atoms with Gasteiger partial charge in [0.1, 0.15) is 0 Å². The highest BCUT2D eigenvalue weighted by atomic mass is 16.5. The van der Waals surface area contributed by atoms with Gasteiger partial charge in [0.15, 0.2) is 0 Å². The highest BCUT2D eigenvalue weighted by Crippen LogP contribution is 2.29. The molecule has 4 nitrogen and oxygen atoms in total. The Kier molecular flexibility index (Phi) is 5.22. The molecule has 4 heteroatoms. The minimum Gasteiger partial charge on any atom is -0.376 e. The van der Waals surface area contributed by atoms with Crippen molar-refractivity contribution in [3.8, 4) is 0 Å². The SMILES string of the molecule is CCN(CC1CCCO1)C(=O)C1CC(C)CC(N)C1. The van der Waals surface area contributed by atoms with E-state index in [1.54, 1.807) is 0 Å². The van der Waals surface area contributed by atoms with Gasteiger partial charge in [-0.1, -0.05) is 6.92 Å². The summed E-state index contributed by atoms with van der Waals surface area (Å²) in [5, 5.41) is 0. The molecule has 0 bridgehead atoms.